The van der Waals surface area contributed by atoms with Gasteiger partial charge in [0, 0.05) is 49.4 Å². The van der Waals surface area contributed by atoms with Gasteiger partial charge in [0.1, 0.15) is 11.4 Å². The van der Waals surface area contributed by atoms with Gasteiger partial charge in [0.25, 0.3) is 11.8 Å². The van der Waals surface area contributed by atoms with E-state index in [2.05, 4.69) is 25.7 Å². The summed E-state index contributed by atoms with van der Waals surface area (Å²) in [5, 5.41) is 11.2. The standard InChI is InChI=1S/C24H20F3N7O2S/c25-24(26,27)20-13-19(21(35)31-23-30-18(14-37-23)17-3-1-2-8-29-17)34(32-20)16-6-4-15(5-7-16)22(36)33-11-9-28-10-12-33/h1-8,13-14,28H,9-12H2,(H,30,31,35). The Morgan fingerprint density at radius 2 is 1.78 bits per heavy atom. The van der Waals surface area contributed by atoms with Crippen LogP contribution in [0.4, 0.5) is 18.3 Å². The smallest absolute Gasteiger partial charge is 0.336 e. The van der Waals surface area contributed by atoms with Gasteiger partial charge in [0.15, 0.2) is 10.8 Å². The van der Waals surface area contributed by atoms with E-state index >= 15 is 0 Å². The highest BCUT2D eigenvalue weighted by molar-refractivity contribution is 7.14. The van der Waals surface area contributed by atoms with E-state index in [0.29, 0.717) is 49.2 Å². The molecule has 1 aliphatic heterocycles. The number of pyridine rings is 1. The average molecular weight is 528 g/mol. The molecule has 1 saturated heterocycles. The van der Waals surface area contributed by atoms with Crippen molar-refractivity contribution < 1.29 is 22.8 Å². The van der Waals surface area contributed by atoms with Crippen molar-refractivity contribution in [1.29, 1.82) is 0 Å². The first-order valence-electron chi connectivity index (χ1n) is 11.3. The fraction of sp³-hybridized carbons (Fsp3) is 0.208. The van der Waals surface area contributed by atoms with Gasteiger partial charge in [0.2, 0.25) is 0 Å². The lowest BCUT2D eigenvalue weighted by Gasteiger charge is -2.27. The molecule has 2 amide bonds. The number of anilines is 1. The van der Waals surface area contributed by atoms with Crippen LogP contribution < -0.4 is 10.6 Å². The third-order valence-electron chi connectivity index (χ3n) is 5.65. The van der Waals surface area contributed by atoms with Gasteiger partial charge in [-0.3, -0.25) is 19.9 Å². The summed E-state index contributed by atoms with van der Waals surface area (Å²) in [6.07, 6.45) is -3.15. The number of alkyl halides is 3. The number of piperazine rings is 1. The maximum Gasteiger partial charge on any atom is 0.435 e. The van der Waals surface area contributed by atoms with Gasteiger partial charge in [-0.25, -0.2) is 9.67 Å². The number of nitrogens with one attached hydrogen (secondary N) is 2. The maximum absolute atomic E-state index is 13.5. The predicted octanol–water partition coefficient (Wildman–Crippen LogP) is 3.71. The van der Waals surface area contributed by atoms with Gasteiger partial charge in [-0.1, -0.05) is 6.07 Å². The van der Waals surface area contributed by atoms with Crippen LogP contribution in [0.2, 0.25) is 0 Å². The molecule has 0 radical (unpaired) electrons. The molecule has 190 valence electrons. The van der Waals surface area contributed by atoms with Crippen molar-refractivity contribution in [3.05, 3.63) is 77.1 Å². The fourth-order valence-corrected chi connectivity index (χ4v) is 4.50. The highest BCUT2D eigenvalue weighted by Crippen LogP contribution is 2.30. The number of hydrogen-bond donors (Lipinski definition) is 2. The van der Waals surface area contributed by atoms with Crippen molar-refractivity contribution in [2.24, 2.45) is 0 Å². The molecule has 1 aromatic carbocycles. The number of amides is 2. The van der Waals surface area contributed by atoms with Crippen LogP contribution in [0.3, 0.4) is 0 Å². The maximum atomic E-state index is 13.5. The van der Waals surface area contributed by atoms with Crippen molar-refractivity contribution in [3.8, 4) is 17.1 Å². The van der Waals surface area contributed by atoms with Crippen LogP contribution in [0.15, 0.2) is 60.1 Å². The molecule has 3 aromatic heterocycles. The molecule has 1 aliphatic rings. The van der Waals surface area contributed by atoms with Crippen LogP contribution in [-0.2, 0) is 6.18 Å². The molecule has 1 fully saturated rings. The summed E-state index contributed by atoms with van der Waals surface area (Å²) in [6.45, 7) is 2.52. The summed E-state index contributed by atoms with van der Waals surface area (Å²) >= 11 is 1.12. The minimum absolute atomic E-state index is 0.171. The van der Waals surface area contributed by atoms with Crippen molar-refractivity contribution in [2.75, 3.05) is 31.5 Å². The zero-order chi connectivity index (χ0) is 26.0. The van der Waals surface area contributed by atoms with Gasteiger partial charge in [-0.15, -0.1) is 11.3 Å². The average Bonchev–Trinajstić information content (AvgIpc) is 3.57. The molecule has 0 saturated carbocycles. The molecule has 0 aliphatic carbocycles. The Morgan fingerprint density at radius 3 is 2.46 bits per heavy atom. The molecular weight excluding hydrogens is 507 g/mol. The fourth-order valence-electron chi connectivity index (χ4n) is 3.80. The number of benzene rings is 1. The lowest BCUT2D eigenvalue weighted by Crippen LogP contribution is -2.46. The van der Waals surface area contributed by atoms with Crippen LogP contribution in [0, 0.1) is 0 Å². The number of thiazole rings is 1. The first-order chi connectivity index (χ1) is 17.8. The molecule has 2 N–H and O–H groups in total. The van der Waals surface area contributed by atoms with E-state index in [0.717, 1.165) is 16.0 Å². The van der Waals surface area contributed by atoms with Crippen molar-refractivity contribution in [2.45, 2.75) is 6.18 Å². The third kappa shape index (κ3) is 5.37. The second-order valence-corrected chi connectivity index (χ2v) is 8.98. The molecule has 0 bridgehead atoms. The summed E-state index contributed by atoms with van der Waals surface area (Å²) in [7, 11) is 0. The minimum atomic E-state index is -4.76. The van der Waals surface area contributed by atoms with E-state index in [-0.39, 0.29) is 22.4 Å². The lowest BCUT2D eigenvalue weighted by atomic mass is 10.1. The summed E-state index contributed by atoms with van der Waals surface area (Å²) in [5.41, 5.74) is 0.166. The molecule has 0 atom stereocenters. The van der Waals surface area contributed by atoms with Crippen LogP contribution in [0.1, 0.15) is 26.5 Å². The number of halogens is 3. The number of aromatic nitrogens is 4. The summed E-state index contributed by atoms with van der Waals surface area (Å²) in [4.78, 5) is 35.9. The second kappa shape index (κ2) is 10.1. The highest BCUT2D eigenvalue weighted by Gasteiger charge is 2.36. The highest BCUT2D eigenvalue weighted by atomic mass is 32.1. The SMILES string of the molecule is O=C(Nc1nc(-c2ccccn2)cs1)c1cc(C(F)(F)F)nn1-c1ccc(C(=O)N2CCNCC2)cc1. The predicted molar refractivity (Wildman–Crippen MR) is 131 cm³/mol. The molecule has 0 unspecified atom stereocenters. The Balaban J connectivity index is 1.41. The molecule has 9 nitrogen and oxygen atoms in total. The Labute approximate surface area is 213 Å². The molecule has 0 spiro atoms. The van der Waals surface area contributed by atoms with Crippen molar-refractivity contribution in [3.63, 3.8) is 0 Å². The molecule has 4 aromatic rings. The van der Waals surface area contributed by atoms with E-state index < -0.39 is 17.8 Å². The number of hydrogen-bond acceptors (Lipinski definition) is 7. The number of nitrogens with zero attached hydrogens (tertiary/aromatic N) is 5. The largest absolute Gasteiger partial charge is 0.435 e. The Bertz CT molecular complexity index is 1410. The van der Waals surface area contributed by atoms with E-state index in [1.165, 1.54) is 24.3 Å². The van der Waals surface area contributed by atoms with E-state index in [1.54, 1.807) is 34.7 Å². The van der Waals surface area contributed by atoms with E-state index in [4.69, 9.17) is 0 Å². The van der Waals surface area contributed by atoms with Gasteiger partial charge < -0.3 is 10.2 Å². The molecular formula is C24H20F3N7O2S. The monoisotopic (exact) mass is 527 g/mol. The molecule has 13 heteroatoms. The number of carbonyl (C=O) groups is 2. The number of rotatable bonds is 5. The van der Waals surface area contributed by atoms with E-state index in [1.807, 2.05) is 0 Å². The van der Waals surface area contributed by atoms with Crippen LogP contribution in [0.25, 0.3) is 17.1 Å². The summed E-state index contributed by atoms with van der Waals surface area (Å²) < 4.78 is 41.3. The summed E-state index contributed by atoms with van der Waals surface area (Å²) in [6, 6.07) is 11.9. The summed E-state index contributed by atoms with van der Waals surface area (Å²) in [5.74, 6) is -0.985. The second-order valence-electron chi connectivity index (χ2n) is 8.12. The van der Waals surface area contributed by atoms with Gasteiger partial charge in [0.05, 0.1) is 11.4 Å². The minimum Gasteiger partial charge on any atom is -0.336 e. The van der Waals surface area contributed by atoms with Gasteiger partial charge in [-0.2, -0.15) is 18.3 Å². The van der Waals surface area contributed by atoms with Gasteiger partial charge in [-0.05, 0) is 36.4 Å². The van der Waals surface area contributed by atoms with Gasteiger partial charge >= 0.3 is 6.18 Å². The van der Waals surface area contributed by atoms with Crippen LogP contribution in [-0.4, -0.2) is 62.6 Å². The zero-order valence-corrected chi connectivity index (χ0v) is 20.0. The first kappa shape index (κ1) is 24.6. The molecule has 4 heterocycles. The van der Waals surface area contributed by atoms with E-state index in [9.17, 15) is 22.8 Å². The zero-order valence-electron chi connectivity index (χ0n) is 19.2. The Hall–Kier alpha value is -4.10. The Kier molecular flexibility index (Phi) is 6.72. The Morgan fingerprint density at radius 1 is 1.03 bits per heavy atom. The first-order valence-corrected chi connectivity index (χ1v) is 12.1. The lowest BCUT2D eigenvalue weighted by molar-refractivity contribution is -0.141. The normalized spacial score (nSPS) is 14.0. The molecule has 5 rings (SSSR count). The van der Waals surface area contributed by atoms with Crippen molar-refractivity contribution >= 4 is 28.3 Å². The molecule has 37 heavy (non-hydrogen) atoms. The van der Waals surface area contributed by atoms with Crippen LogP contribution in [0.5, 0.6) is 0 Å². The van der Waals surface area contributed by atoms with Crippen molar-refractivity contribution in [1.82, 2.24) is 30.0 Å². The van der Waals surface area contributed by atoms with Crippen LogP contribution >= 0.6 is 11.3 Å². The third-order valence-corrected chi connectivity index (χ3v) is 6.41. The topological polar surface area (TPSA) is 105 Å². The number of carbonyl (C=O) groups excluding carboxylic acids is 2. The quantitative estimate of drug-likeness (QED) is 0.410.